The standard InChI is InChI=1S/C10H11ClN2O2/c11-9(12-13-10(15)7-14)6-8-4-2-1-3-5-8/h1-5,14H,6-7H2,(H,13,15). The second-order valence-corrected chi connectivity index (χ2v) is 3.28. The van der Waals surface area contributed by atoms with Crippen LogP contribution in [0.15, 0.2) is 35.4 Å². The van der Waals surface area contributed by atoms with Gasteiger partial charge in [-0.3, -0.25) is 4.79 Å². The summed E-state index contributed by atoms with van der Waals surface area (Å²) in [5, 5.41) is 12.3. The summed E-state index contributed by atoms with van der Waals surface area (Å²) >= 11 is 5.77. The highest BCUT2D eigenvalue weighted by molar-refractivity contribution is 6.65. The molecular weight excluding hydrogens is 216 g/mol. The molecule has 0 bridgehead atoms. The molecule has 4 nitrogen and oxygen atoms in total. The largest absolute Gasteiger partial charge is 0.386 e. The van der Waals surface area contributed by atoms with E-state index in [0.29, 0.717) is 6.42 Å². The third kappa shape index (κ3) is 4.58. The Morgan fingerprint density at radius 2 is 2.07 bits per heavy atom. The highest BCUT2D eigenvalue weighted by Gasteiger charge is 1.99. The SMILES string of the molecule is O=C(CO)NN=C(Cl)Cc1ccccc1. The number of nitrogens with one attached hydrogen (secondary N) is 1. The van der Waals surface area contributed by atoms with E-state index in [1.807, 2.05) is 30.3 Å². The number of benzene rings is 1. The lowest BCUT2D eigenvalue weighted by molar-refractivity contribution is -0.123. The Kier molecular flexibility index (Phi) is 4.80. The van der Waals surface area contributed by atoms with E-state index < -0.39 is 12.5 Å². The van der Waals surface area contributed by atoms with E-state index in [1.165, 1.54) is 0 Å². The summed E-state index contributed by atoms with van der Waals surface area (Å²) in [5.41, 5.74) is 3.12. The van der Waals surface area contributed by atoms with Crippen molar-refractivity contribution in [3.05, 3.63) is 35.9 Å². The van der Waals surface area contributed by atoms with Crippen LogP contribution in [0.3, 0.4) is 0 Å². The average molecular weight is 227 g/mol. The molecule has 0 heterocycles. The number of hydrogen-bond donors (Lipinski definition) is 2. The first-order valence-electron chi connectivity index (χ1n) is 4.38. The summed E-state index contributed by atoms with van der Waals surface area (Å²) in [7, 11) is 0. The Bertz CT molecular complexity index is 352. The van der Waals surface area contributed by atoms with Gasteiger partial charge in [-0.25, -0.2) is 5.43 Å². The van der Waals surface area contributed by atoms with Crippen molar-refractivity contribution in [3.63, 3.8) is 0 Å². The van der Waals surface area contributed by atoms with Crippen molar-refractivity contribution in [2.24, 2.45) is 5.10 Å². The average Bonchev–Trinajstić information content (AvgIpc) is 2.27. The van der Waals surface area contributed by atoms with Gasteiger partial charge in [0.1, 0.15) is 11.8 Å². The molecule has 0 fully saturated rings. The minimum Gasteiger partial charge on any atom is -0.386 e. The van der Waals surface area contributed by atoms with E-state index in [4.69, 9.17) is 16.7 Å². The third-order valence-corrected chi connectivity index (χ3v) is 1.86. The van der Waals surface area contributed by atoms with Crippen LogP contribution in [0.25, 0.3) is 0 Å². The van der Waals surface area contributed by atoms with E-state index >= 15 is 0 Å². The Hall–Kier alpha value is -1.39. The minimum absolute atomic E-state index is 0.267. The van der Waals surface area contributed by atoms with Gasteiger partial charge in [-0.15, -0.1) is 0 Å². The number of nitrogens with zero attached hydrogens (tertiary/aromatic N) is 1. The number of carbonyl (C=O) groups is 1. The van der Waals surface area contributed by atoms with Crippen molar-refractivity contribution in [2.75, 3.05) is 6.61 Å². The molecule has 1 rings (SSSR count). The number of carbonyl (C=O) groups excluding carboxylic acids is 1. The maximum absolute atomic E-state index is 10.6. The summed E-state index contributed by atoms with van der Waals surface area (Å²) in [5.74, 6) is -0.582. The van der Waals surface area contributed by atoms with Crippen molar-refractivity contribution in [3.8, 4) is 0 Å². The first kappa shape index (κ1) is 11.7. The predicted octanol–water partition coefficient (Wildman–Crippen LogP) is 0.890. The summed E-state index contributed by atoms with van der Waals surface area (Å²) in [6.07, 6.45) is 0.452. The molecule has 0 radical (unpaired) electrons. The highest BCUT2D eigenvalue weighted by Crippen LogP contribution is 2.02. The zero-order valence-electron chi connectivity index (χ0n) is 7.98. The smallest absolute Gasteiger partial charge is 0.265 e. The minimum atomic E-state index is -0.598. The molecule has 2 N–H and O–H groups in total. The van der Waals surface area contributed by atoms with E-state index in [9.17, 15) is 4.79 Å². The van der Waals surface area contributed by atoms with E-state index in [-0.39, 0.29) is 5.17 Å². The fourth-order valence-corrected chi connectivity index (χ4v) is 1.16. The van der Waals surface area contributed by atoms with Gasteiger partial charge in [-0.05, 0) is 5.56 Å². The fraction of sp³-hybridized carbons (Fsp3) is 0.200. The lowest BCUT2D eigenvalue weighted by Crippen LogP contribution is -2.22. The first-order valence-corrected chi connectivity index (χ1v) is 4.76. The van der Waals surface area contributed by atoms with Crippen molar-refractivity contribution >= 4 is 22.7 Å². The molecule has 0 aromatic heterocycles. The van der Waals surface area contributed by atoms with Gasteiger partial charge in [0.15, 0.2) is 0 Å². The number of rotatable bonds is 4. The van der Waals surface area contributed by atoms with Gasteiger partial charge in [-0.1, -0.05) is 41.9 Å². The van der Waals surface area contributed by atoms with Crippen molar-refractivity contribution in [1.82, 2.24) is 5.43 Å². The zero-order valence-corrected chi connectivity index (χ0v) is 8.74. The Balaban J connectivity index is 2.48. The van der Waals surface area contributed by atoms with Crippen LogP contribution in [-0.4, -0.2) is 22.8 Å². The van der Waals surface area contributed by atoms with Crippen molar-refractivity contribution < 1.29 is 9.90 Å². The molecule has 0 spiro atoms. The first-order chi connectivity index (χ1) is 7.22. The lowest BCUT2D eigenvalue weighted by atomic mass is 10.2. The number of hydrogen-bond acceptors (Lipinski definition) is 3. The topological polar surface area (TPSA) is 61.7 Å². The number of aliphatic hydroxyl groups excluding tert-OH is 1. The molecule has 0 aliphatic carbocycles. The summed E-state index contributed by atoms with van der Waals surface area (Å²) in [6, 6.07) is 9.51. The molecule has 0 aliphatic heterocycles. The second-order valence-electron chi connectivity index (χ2n) is 2.84. The Morgan fingerprint density at radius 3 is 2.67 bits per heavy atom. The van der Waals surface area contributed by atoms with Gasteiger partial charge in [0.25, 0.3) is 5.91 Å². The van der Waals surface area contributed by atoms with Crippen molar-refractivity contribution in [1.29, 1.82) is 0 Å². The summed E-state index contributed by atoms with van der Waals surface area (Å²) in [6.45, 7) is -0.598. The highest BCUT2D eigenvalue weighted by atomic mass is 35.5. The molecule has 5 heteroatoms. The molecule has 1 amide bonds. The number of amides is 1. The Labute approximate surface area is 92.6 Å². The monoisotopic (exact) mass is 226 g/mol. The van der Waals surface area contributed by atoms with Gasteiger partial charge < -0.3 is 5.11 Å². The maximum Gasteiger partial charge on any atom is 0.265 e. The van der Waals surface area contributed by atoms with E-state index in [2.05, 4.69) is 10.5 Å². The summed E-state index contributed by atoms with van der Waals surface area (Å²) < 4.78 is 0. The van der Waals surface area contributed by atoms with Crippen molar-refractivity contribution in [2.45, 2.75) is 6.42 Å². The number of hydrazone groups is 1. The normalized spacial score (nSPS) is 11.2. The predicted molar refractivity (Wildman–Crippen MR) is 58.7 cm³/mol. The lowest BCUT2D eigenvalue weighted by Gasteiger charge is -1.99. The molecule has 0 saturated heterocycles. The van der Waals surface area contributed by atoms with E-state index in [0.717, 1.165) is 5.56 Å². The van der Waals surface area contributed by atoms with Crippen LogP contribution in [0.2, 0.25) is 0 Å². The molecule has 1 aromatic carbocycles. The van der Waals surface area contributed by atoms with E-state index in [1.54, 1.807) is 0 Å². The van der Waals surface area contributed by atoms with Crippen LogP contribution in [-0.2, 0) is 11.2 Å². The number of halogens is 1. The molecule has 0 aliphatic rings. The quantitative estimate of drug-likeness (QED) is 0.592. The molecule has 15 heavy (non-hydrogen) atoms. The molecule has 1 aromatic rings. The van der Waals surface area contributed by atoms with Gasteiger partial charge >= 0.3 is 0 Å². The van der Waals surface area contributed by atoms with Crippen LogP contribution in [0.1, 0.15) is 5.56 Å². The third-order valence-electron chi connectivity index (χ3n) is 1.64. The Morgan fingerprint density at radius 1 is 1.40 bits per heavy atom. The van der Waals surface area contributed by atoms with Crippen LogP contribution in [0.5, 0.6) is 0 Å². The molecule has 80 valence electrons. The number of aliphatic hydroxyl groups is 1. The second kappa shape index (κ2) is 6.16. The molecule has 0 atom stereocenters. The summed E-state index contributed by atoms with van der Waals surface area (Å²) in [4.78, 5) is 10.6. The van der Waals surface area contributed by atoms with Gasteiger partial charge in [0.2, 0.25) is 0 Å². The van der Waals surface area contributed by atoms with Gasteiger partial charge in [-0.2, -0.15) is 5.10 Å². The van der Waals surface area contributed by atoms with Crippen LogP contribution in [0, 0.1) is 0 Å². The maximum atomic E-state index is 10.6. The van der Waals surface area contributed by atoms with Crippen LogP contribution in [0.4, 0.5) is 0 Å². The van der Waals surface area contributed by atoms with Gasteiger partial charge in [0, 0.05) is 6.42 Å². The molecule has 0 unspecified atom stereocenters. The van der Waals surface area contributed by atoms with Gasteiger partial charge in [0.05, 0.1) is 0 Å². The molecule has 0 saturated carbocycles. The van der Waals surface area contributed by atoms with Crippen LogP contribution >= 0.6 is 11.6 Å². The zero-order chi connectivity index (χ0) is 11.1. The van der Waals surface area contributed by atoms with Crippen LogP contribution < -0.4 is 5.43 Å². The molecular formula is C10H11ClN2O2. The fourth-order valence-electron chi connectivity index (χ4n) is 0.962.